The first-order chi connectivity index (χ1) is 14.5. The molecule has 164 valence electrons. The van der Waals surface area contributed by atoms with E-state index in [0.29, 0.717) is 23.4 Å². The highest BCUT2D eigenvalue weighted by Gasteiger charge is 2.55. The molecule has 1 amide bonds. The molecule has 0 saturated carbocycles. The highest BCUT2D eigenvalue weighted by molar-refractivity contribution is 7.17. The second-order valence-corrected chi connectivity index (χ2v) is 9.47. The van der Waals surface area contributed by atoms with Gasteiger partial charge in [0.25, 0.3) is 0 Å². The molecule has 2 saturated heterocycles. The van der Waals surface area contributed by atoms with Crippen LogP contribution >= 0.6 is 11.3 Å². The van der Waals surface area contributed by atoms with Crippen molar-refractivity contribution in [2.45, 2.75) is 76.9 Å². The first-order valence-electron chi connectivity index (χ1n) is 11.0. The summed E-state index contributed by atoms with van der Waals surface area (Å²) in [6.45, 7) is 2.03. The lowest BCUT2D eigenvalue weighted by Gasteiger charge is -2.23. The molecule has 2 fully saturated rings. The molecule has 0 spiro atoms. The lowest BCUT2D eigenvalue weighted by molar-refractivity contribution is -0.147. The van der Waals surface area contributed by atoms with Crippen LogP contribution < -0.4 is 5.32 Å². The number of thiophene rings is 1. The molecule has 8 heteroatoms. The molecule has 3 aliphatic rings. The molecule has 30 heavy (non-hydrogen) atoms. The summed E-state index contributed by atoms with van der Waals surface area (Å²) in [7, 11) is 0. The number of ether oxygens (including phenoxy) is 2. The predicted molar refractivity (Wildman–Crippen MR) is 112 cm³/mol. The van der Waals surface area contributed by atoms with Crippen LogP contribution in [-0.2, 0) is 31.9 Å². The van der Waals surface area contributed by atoms with E-state index >= 15 is 0 Å². The topological polar surface area (TPSA) is 102 Å². The van der Waals surface area contributed by atoms with E-state index in [4.69, 9.17) is 9.47 Å². The van der Waals surface area contributed by atoms with Crippen molar-refractivity contribution < 1.29 is 29.0 Å². The Hall–Kier alpha value is -1.93. The van der Waals surface area contributed by atoms with Gasteiger partial charge in [0.1, 0.15) is 5.00 Å². The Bertz CT molecular complexity index is 834. The summed E-state index contributed by atoms with van der Waals surface area (Å²) >= 11 is 1.44. The second-order valence-electron chi connectivity index (χ2n) is 8.37. The minimum Gasteiger partial charge on any atom is -0.481 e. The Morgan fingerprint density at radius 1 is 1.07 bits per heavy atom. The summed E-state index contributed by atoms with van der Waals surface area (Å²) in [5.41, 5.74) is 1.46. The van der Waals surface area contributed by atoms with E-state index in [9.17, 15) is 19.5 Å². The second kappa shape index (κ2) is 9.06. The van der Waals surface area contributed by atoms with Crippen molar-refractivity contribution >= 4 is 34.2 Å². The van der Waals surface area contributed by atoms with Gasteiger partial charge in [0.15, 0.2) is 0 Å². The zero-order valence-corrected chi connectivity index (χ0v) is 18.1. The quantitative estimate of drug-likeness (QED) is 0.683. The average Bonchev–Trinajstić information content (AvgIpc) is 3.40. The molecule has 1 aromatic heterocycles. The maximum Gasteiger partial charge on any atom is 0.341 e. The molecule has 1 aliphatic carbocycles. The molecule has 1 aromatic rings. The van der Waals surface area contributed by atoms with Gasteiger partial charge in [-0.2, -0.15) is 0 Å². The van der Waals surface area contributed by atoms with Crippen LogP contribution in [0.4, 0.5) is 5.00 Å². The summed E-state index contributed by atoms with van der Waals surface area (Å²) in [6, 6.07) is 0. The van der Waals surface area contributed by atoms with E-state index in [1.807, 2.05) is 0 Å². The van der Waals surface area contributed by atoms with Gasteiger partial charge >= 0.3 is 11.9 Å². The summed E-state index contributed by atoms with van der Waals surface area (Å²) in [5, 5.41) is 13.0. The molecule has 2 aliphatic heterocycles. The van der Waals surface area contributed by atoms with Crippen LogP contribution in [0.2, 0.25) is 0 Å². The summed E-state index contributed by atoms with van der Waals surface area (Å²) in [4.78, 5) is 38.8. The molecule has 4 rings (SSSR count). The average molecular weight is 436 g/mol. The SMILES string of the molecule is CCOC(=O)c1c(NC(=O)[C@H]2[C@@H](C(=O)O)[C@@H]3CC[C@@H]2O3)sc2c1CCCCCCC2. The molecule has 2 N–H and O–H groups in total. The molecule has 0 unspecified atom stereocenters. The zero-order chi connectivity index (χ0) is 21.3. The summed E-state index contributed by atoms with van der Waals surface area (Å²) in [5.74, 6) is -3.35. The minimum absolute atomic E-state index is 0.262. The Kier molecular flexibility index (Phi) is 6.43. The van der Waals surface area contributed by atoms with Crippen LogP contribution in [0.5, 0.6) is 0 Å². The van der Waals surface area contributed by atoms with E-state index < -0.39 is 29.9 Å². The minimum atomic E-state index is -0.998. The third-order valence-electron chi connectivity index (χ3n) is 6.50. The van der Waals surface area contributed by atoms with Crippen molar-refractivity contribution in [3.05, 3.63) is 16.0 Å². The number of carbonyl (C=O) groups is 3. The van der Waals surface area contributed by atoms with Crippen LogP contribution in [-0.4, -0.2) is 41.8 Å². The molecular weight excluding hydrogens is 406 g/mol. The zero-order valence-electron chi connectivity index (χ0n) is 17.3. The van der Waals surface area contributed by atoms with Crippen LogP contribution in [0, 0.1) is 11.8 Å². The Morgan fingerprint density at radius 2 is 1.73 bits per heavy atom. The third-order valence-corrected chi connectivity index (χ3v) is 7.71. The number of esters is 1. The number of aryl methyl sites for hydroxylation is 1. The number of hydrogen-bond donors (Lipinski definition) is 2. The van der Waals surface area contributed by atoms with Crippen molar-refractivity contribution in [3.63, 3.8) is 0 Å². The number of anilines is 1. The van der Waals surface area contributed by atoms with Crippen molar-refractivity contribution in [1.29, 1.82) is 0 Å². The molecular formula is C22H29NO6S. The highest BCUT2D eigenvalue weighted by Crippen LogP contribution is 2.45. The maximum absolute atomic E-state index is 13.2. The van der Waals surface area contributed by atoms with E-state index in [2.05, 4.69) is 5.32 Å². The number of amides is 1. The molecule has 7 nitrogen and oxygen atoms in total. The van der Waals surface area contributed by atoms with Gasteiger partial charge in [-0.1, -0.05) is 19.3 Å². The lowest BCUT2D eigenvalue weighted by Crippen LogP contribution is -2.41. The number of carbonyl (C=O) groups excluding carboxylic acids is 2. The van der Waals surface area contributed by atoms with Gasteiger partial charge < -0.3 is 19.9 Å². The molecule has 2 bridgehead atoms. The van der Waals surface area contributed by atoms with Crippen LogP contribution in [0.1, 0.15) is 72.7 Å². The fourth-order valence-electron chi connectivity index (χ4n) is 5.12. The van der Waals surface area contributed by atoms with Crippen molar-refractivity contribution in [3.8, 4) is 0 Å². The van der Waals surface area contributed by atoms with Gasteiger partial charge in [-0.15, -0.1) is 11.3 Å². The van der Waals surface area contributed by atoms with E-state index in [0.717, 1.165) is 49.0 Å². The molecule has 0 radical (unpaired) electrons. The predicted octanol–water partition coefficient (Wildman–Crippen LogP) is 3.79. The fourth-order valence-corrected chi connectivity index (χ4v) is 6.40. The Labute approximate surface area is 180 Å². The van der Waals surface area contributed by atoms with E-state index in [-0.39, 0.29) is 18.6 Å². The smallest absolute Gasteiger partial charge is 0.341 e. The van der Waals surface area contributed by atoms with Crippen molar-refractivity contribution in [2.75, 3.05) is 11.9 Å². The van der Waals surface area contributed by atoms with Gasteiger partial charge in [0, 0.05) is 4.88 Å². The third kappa shape index (κ3) is 3.99. The van der Waals surface area contributed by atoms with Gasteiger partial charge in [0.2, 0.25) is 5.91 Å². The monoisotopic (exact) mass is 435 g/mol. The standard InChI is InChI=1S/C22H29NO6S/c1-2-28-22(27)16-12-8-6-4-3-5-7-9-15(12)30-20(16)23-19(24)17-13-10-11-14(29-13)18(17)21(25)26/h13-14,17-18H,2-11H2,1H3,(H,23,24)(H,25,26)/t13-,14-,17+,18-/m0/s1. The normalized spacial score (nSPS) is 28.2. The van der Waals surface area contributed by atoms with Gasteiger partial charge in [0.05, 0.1) is 36.2 Å². The van der Waals surface area contributed by atoms with Gasteiger partial charge in [-0.3, -0.25) is 9.59 Å². The molecule has 4 atom stereocenters. The Morgan fingerprint density at radius 3 is 2.43 bits per heavy atom. The number of fused-ring (bicyclic) bond motifs is 3. The molecule has 3 heterocycles. The van der Waals surface area contributed by atoms with E-state index in [1.165, 1.54) is 17.8 Å². The van der Waals surface area contributed by atoms with Crippen LogP contribution in [0.3, 0.4) is 0 Å². The first kappa shape index (κ1) is 21.3. The van der Waals surface area contributed by atoms with Crippen molar-refractivity contribution in [1.82, 2.24) is 0 Å². The number of carboxylic acid groups (broad SMARTS) is 1. The number of hydrogen-bond acceptors (Lipinski definition) is 6. The van der Waals surface area contributed by atoms with Crippen LogP contribution in [0.25, 0.3) is 0 Å². The molecule has 0 aromatic carbocycles. The number of carboxylic acids is 1. The first-order valence-corrected chi connectivity index (χ1v) is 11.8. The number of aliphatic carboxylic acids is 1. The van der Waals surface area contributed by atoms with Crippen molar-refractivity contribution in [2.24, 2.45) is 11.8 Å². The maximum atomic E-state index is 13.2. The number of rotatable bonds is 5. The lowest BCUT2D eigenvalue weighted by atomic mass is 9.78. The van der Waals surface area contributed by atoms with Gasteiger partial charge in [-0.05, 0) is 51.0 Å². The summed E-state index contributed by atoms with van der Waals surface area (Å²) in [6.07, 6.45) is 7.83. The van der Waals surface area contributed by atoms with Gasteiger partial charge in [-0.25, -0.2) is 4.79 Å². The largest absolute Gasteiger partial charge is 0.481 e. The van der Waals surface area contributed by atoms with E-state index in [1.54, 1.807) is 6.92 Å². The number of nitrogens with one attached hydrogen (secondary N) is 1. The van der Waals surface area contributed by atoms with Crippen LogP contribution in [0.15, 0.2) is 0 Å². The fraction of sp³-hybridized carbons (Fsp3) is 0.682. The Balaban J connectivity index is 1.63. The summed E-state index contributed by atoms with van der Waals surface area (Å²) < 4.78 is 11.0. The highest BCUT2D eigenvalue weighted by atomic mass is 32.1.